The number of benzene rings is 1. The second-order valence-corrected chi connectivity index (χ2v) is 6.87. The van der Waals surface area contributed by atoms with Crippen LogP contribution in [0.4, 0.5) is 0 Å². The van der Waals surface area contributed by atoms with Crippen LogP contribution < -0.4 is 16.0 Å². The van der Waals surface area contributed by atoms with Crippen LogP contribution in [0.5, 0.6) is 0 Å². The van der Waals surface area contributed by atoms with Gasteiger partial charge in [0.1, 0.15) is 6.04 Å². The molecule has 0 aromatic heterocycles. The molecule has 2 rings (SSSR count). The molecule has 0 radical (unpaired) electrons. The lowest BCUT2D eigenvalue weighted by atomic mass is 9.92. The minimum Gasteiger partial charge on any atom is -0.354 e. The summed E-state index contributed by atoms with van der Waals surface area (Å²) in [5.74, 6) is 0.163. The van der Waals surface area contributed by atoms with Crippen LogP contribution >= 0.6 is 0 Å². The fourth-order valence-corrected chi connectivity index (χ4v) is 3.17. The standard InChI is InChI=1S/C19H29N3O2/c1-13(2)18(15-9-5-4-8-14(15)3)21-12-17(23)22-16-10-6-7-11-20-19(16)24/h4-5,8-9,13,16,18,21H,6-7,10-12H2,1-3H3,(H,20,24)(H,22,23). The molecular formula is C19H29N3O2. The second kappa shape index (κ2) is 8.83. The molecule has 24 heavy (non-hydrogen) atoms. The number of nitrogens with one attached hydrogen (secondary N) is 3. The second-order valence-electron chi connectivity index (χ2n) is 6.87. The molecule has 1 saturated heterocycles. The normalized spacial score (nSPS) is 19.5. The molecule has 0 aliphatic carbocycles. The summed E-state index contributed by atoms with van der Waals surface area (Å²) in [6.45, 7) is 7.27. The van der Waals surface area contributed by atoms with Crippen molar-refractivity contribution in [3.05, 3.63) is 35.4 Å². The minimum atomic E-state index is -0.405. The van der Waals surface area contributed by atoms with Gasteiger partial charge in [0, 0.05) is 12.6 Å². The highest BCUT2D eigenvalue weighted by atomic mass is 16.2. The zero-order valence-corrected chi connectivity index (χ0v) is 14.9. The third-order valence-electron chi connectivity index (χ3n) is 4.54. The van der Waals surface area contributed by atoms with Gasteiger partial charge in [-0.3, -0.25) is 9.59 Å². The van der Waals surface area contributed by atoms with E-state index >= 15 is 0 Å². The molecule has 1 aliphatic rings. The molecule has 0 bridgehead atoms. The van der Waals surface area contributed by atoms with Gasteiger partial charge in [-0.25, -0.2) is 0 Å². The van der Waals surface area contributed by atoms with Crippen molar-refractivity contribution in [1.82, 2.24) is 16.0 Å². The van der Waals surface area contributed by atoms with Crippen LogP contribution in [0, 0.1) is 12.8 Å². The van der Waals surface area contributed by atoms with Crippen molar-refractivity contribution in [3.63, 3.8) is 0 Å². The quantitative estimate of drug-likeness (QED) is 0.747. The lowest BCUT2D eigenvalue weighted by Crippen LogP contribution is -2.48. The van der Waals surface area contributed by atoms with Crippen LogP contribution in [0.1, 0.15) is 50.3 Å². The molecule has 1 aliphatic heterocycles. The largest absolute Gasteiger partial charge is 0.354 e. The highest BCUT2D eigenvalue weighted by Gasteiger charge is 2.23. The summed E-state index contributed by atoms with van der Waals surface area (Å²) in [5.41, 5.74) is 2.43. The number of aryl methyl sites for hydroxylation is 1. The Bertz CT molecular complexity index is 571. The predicted octanol–water partition coefficient (Wildman–Crippen LogP) is 2.07. The summed E-state index contributed by atoms with van der Waals surface area (Å²) in [6, 6.07) is 7.94. The molecule has 0 spiro atoms. The van der Waals surface area contributed by atoms with Gasteiger partial charge in [-0.1, -0.05) is 38.1 Å². The van der Waals surface area contributed by atoms with Crippen molar-refractivity contribution in [3.8, 4) is 0 Å². The Morgan fingerprint density at radius 3 is 2.75 bits per heavy atom. The molecule has 5 nitrogen and oxygen atoms in total. The van der Waals surface area contributed by atoms with Crippen LogP contribution in [-0.2, 0) is 9.59 Å². The van der Waals surface area contributed by atoms with E-state index in [-0.39, 0.29) is 24.4 Å². The van der Waals surface area contributed by atoms with E-state index in [1.165, 1.54) is 11.1 Å². The van der Waals surface area contributed by atoms with E-state index in [0.717, 1.165) is 12.8 Å². The first-order chi connectivity index (χ1) is 11.5. The molecule has 3 N–H and O–H groups in total. The van der Waals surface area contributed by atoms with Gasteiger partial charge in [-0.15, -0.1) is 0 Å². The monoisotopic (exact) mass is 331 g/mol. The van der Waals surface area contributed by atoms with Gasteiger partial charge in [-0.05, 0) is 43.2 Å². The van der Waals surface area contributed by atoms with Gasteiger partial charge in [-0.2, -0.15) is 0 Å². The van der Waals surface area contributed by atoms with Gasteiger partial charge >= 0.3 is 0 Å². The first-order valence-corrected chi connectivity index (χ1v) is 8.85. The van der Waals surface area contributed by atoms with Crippen molar-refractivity contribution < 1.29 is 9.59 Å². The number of hydrogen-bond donors (Lipinski definition) is 3. The van der Waals surface area contributed by atoms with E-state index in [4.69, 9.17) is 0 Å². The SMILES string of the molecule is Cc1ccccc1C(NCC(=O)NC1CCCCNC1=O)C(C)C. The summed E-state index contributed by atoms with van der Waals surface area (Å²) in [6.07, 6.45) is 2.64. The Morgan fingerprint density at radius 2 is 2.04 bits per heavy atom. The number of hydrogen-bond acceptors (Lipinski definition) is 3. The molecule has 1 fully saturated rings. The van der Waals surface area contributed by atoms with E-state index < -0.39 is 6.04 Å². The third-order valence-corrected chi connectivity index (χ3v) is 4.54. The lowest BCUT2D eigenvalue weighted by molar-refractivity contribution is -0.128. The van der Waals surface area contributed by atoms with Gasteiger partial charge in [0.25, 0.3) is 0 Å². The smallest absolute Gasteiger partial charge is 0.242 e. The molecule has 5 heteroatoms. The number of carbonyl (C=O) groups is 2. The zero-order valence-electron chi connectivity index (χ0n) is 14.9. The highest BCUT2D eigenvalue weighted by Crippen LogP contribution is 2.24. The van der Waals surface area contributed by atoms with Crippen LogP contribution in [-0.4, -0.2) is 30.9 Å². The molecule has 132 valence electrons. The number of amides is 2. The van der Waals surface area contributed by atoms with Gasteiger partial charge in [0.2, 0.25) is 11.8 Å². The summed E-state index contributed by atoms with van der Waals surface area (Å²) in [5, 5.41) is 9.05. The Morgan fingerprint density at radius 1 is 1.29 bits per heavy atom. The van der Waals surface area contributed by atoms with Crippen molar-refractivity contribution in [2.45, 2.75) is 52.1 Å². The summed E-state index contributed by atoms with van der Waals surface area (Å²) in [7, 11) is 0. The maximum atomic E-state index is 12.3. The molecule has 1 aromatic rings. The Balaban J connectivity index is 1.93. The molecule has 1 aromatic carbocycles. The van der Waals surface area contributed by atoms with E-state index in [9.17, 15) is 9.59 Å². The van der Waals surface area contributed by atoms with Gasteiger partial charge in [0.15, 0.2) is 0 Å². The molecular weight excluding hydrogens is 302 g/mol. The van der Waals surface area contributed by atoms with Crippen LogP contribution in [0.2, 0.25) is 0 Å². The number of rotatable bonds is 6. The average molecular weight is 331 g/mol. The summed E-state index contributed by atoms with van der Waals surface area (Å²) < 4.78 is 0. The van der Waals surface area contributed by atoms with E-state index in [2.05, 4.69) is 48.9 Å². The van der Waals surface area contributed by atoms with Crippen molar-refractivity contribution >= 4 is 11.8 Å². The van der Waals surface area contributed by atoms with E-state index in [1.54, 1.807) is 0 Å². The van der Waals surface area contributed by atoms with Crippen molar-refractivity contribution in [2.75, 3.05) is 13.1 Å². The first kappa shape index (κ1) is 18.5. The fraction of sp³-hybridized carbons (Fsp3) is 0.579. The van der Waals surface area contributed by atoms with Crippen LogP contribution in [0.25, 0.3) is 0 Å². The first-order valence-electron chi connectivity index (χ1n) is 8.85. The lowest BCUT2D eigenvalue weighted by Gasteiger charge is -2.25. The fourth-order valence-electron chi connectivity index (χ4n) is 3.17. The summed E-state index contributed by atoms with van der Waals surface area (Å²) in [4.78, 5) is 24.2. The predicted molar refractivity (Wildman–Crippen MR) is 95.6 cm³/mol. The Hall–Kier alpha value is -1.88. The topological polar surface area (TPSA) is 70.2 Å². The molecule has 2 unspecified atom stereocenters. The third kappa shape index (κ3) is 5.06. The van der Waals surface area contributed by atoms with Crippen LogP contribution in [0.15, 0.2) is 24.3 Å². The maximum Gasteiger partial charge on any atom is 0.242 e. The van der Waals surface area contributed by atoms with Gasteiger partial charge < -0.3 is 16.0 Å². The maximum absolute atomic E-state index is 12.3. The Kier molecular flexibility index (Phi) is 6.79. The highest BCUT2D eigenvalue weighted by molar-refractivity contribution is 5.88. The summed E-state index contributed by atoms with van der Waals surface area (Å²) >= 11 is 0. The van der Waals surface area contributed by atoms with Crippen molar-refractivity contribution in [2.24, 2.45) is 5.92 Å². The minimum absolute atomic E-state index is 0.0693. The molecule has 1 heterocycles. The van der Waals surface area contributed by atoms with Gasteiger partial charge in [0.05, 0.1) is 6.54 Å². The number of carbonyl (C=O) groups excluding carboxylic acids is 2. The zero-order chi connectivity index (χ0) is 17.5. The van der Waals surface area contributed by atoms with Crippen molar-refractivity contribution in [1.29, 1.82) is 0 Å². The Labute approximate surface area is 144 Å². The van der Waals surface area contributed by atoms with E-state index in [1.807, 2.05) is 12.1 Å². The van der Waals surface area contributed by atoms with Crippen LogP contribution in [0.3, 0.4) is 0 Å². The molecule has 2 atom stereocenters. The van der Waals surface area contributed by atoms with E-state index in [0.29, 0.717) is 18.9 Å². The molecule has 2 amide bonds. The average Bonchev–Trinajstić information content (AvgIpc) is 2.74. The molecule has 0 saturated carbocycles.